The first-order chi connectivity index (χ1) is 13.8. The number of oxazole rings is 1. The maximum atomic E-state index is 14.8. The number of rotatable bonds is 9. The molecular weight excluding hydrogens is 395 g/mol. The number of nitrogens with one attached hydrogen (secondary N) is 1. The van der Waals surface area contributed by atoms with Crippen molar-refractivity contribution in [3.8, 4) is 11.5 Å². The number of amides is 1. The molecule has 1 saturated heterocycles. The molecule has 8 heteroatoms. The summed E-state index contributed by atoms with van der Waals surface area (Å²) in [4.78, 5) is 20.8. The molecule has 2 aromatic rings. The molecule has 1 aromatic carbocycles. The lowest BCUT2D eigenvalue weighted by Gasteiger charge is -2.42. The highest BCUT2D eigenvalue weighted by Gasteiger charge is 2.50. The van der Waals surface area contributed by atoms with E-state index in [1.54, 1.807) is 12.1 Å². The molecule has 1 aliphatic rings. The normalized spacial score (nSPS) is 16.1. The highest BCUT2D eigenvalue weighted by atomic mass is 35.5. The Bertz CT molecular complexity index is 830. The van der Waals surface area contributed by atoms with Gasteiger partial charge < -0.3 is 14.6 Å². The Morgan fingerprint density at radius 3 is 2.59 bits per heavy atom. The molecule has 0 saturated carbocycles. The van der Waals surface area contributed by atoms with Crippen molar-refractivity contribution in [2.45, 2.75) is 33.0 Å². The Hall–Kier alpha value is -1.96. The van der Waals surface area contributed by atoms with Gasteiger partial charge in [0.25, 0.3) is 5.91 Å². The smallest absolute Gasteiger partial charge is 0.260 e. The Balaban J connectivity index is 1.51. The van der Waals surface area contributed by atoms with Gasteiger partial charge in [0.05, 0.1) is 5.69 Å². The summed E-state index contributed by atoms with van der Waals surface area (Å²) in [5.74, 6) is 0.671. The van der Waals surface area contributed by atoms with E-state index in [-0.39, 0.29) is 13.1 Å². The highest BCUT2D eigenvalue weighted by molar-refractivity contribution is 6.30. The zero-order chi connectivity index (χ0) is 21.0. The van der Waals surface area contributed by atoms with Crippen molar-refractivity contribution in [2.24, 2.45) is 0 Å². The minimum Gasteiger partial charge on any atom is -0.441 e. The lowest BCUT2D eigenvalue weighted by Crippen LogP contribution is -2.65. The van der Waals surface area contributed by atoms with Crippen LogP contribution in [-0.2, 0) is 11.3 Å². The van der Waals surface area contributed by atoms with Crippen LogP contribution in [0.5, 0.6) is 0 Å². The van der Waals surface area contributed by atoms with Gasteiger partial charge in [0.1, 0.15) is 5.76 Å². The van der Waals surface area contributed by atoms with Crippen molar-refractivity contribution in [1.29, 1.82) is 0 Å². The Labute approximate surface area is 176 Å². The van der Waals surface area contributed by atoms with Crippen LogP contribution in [0.1, 0.15) is 25.3 Å². The molecule has 0 bridgehead atoms. The second-order valence-electron chi connectivity index (χ2n) is 7.42. The van der Waals surface area contributed by atoms with Gasteiger partial charge in [0.2, 0.25) is 11.6 Å². The SMILES string of the molecule is CCN(CC)CCNC(=O)C1(F)CN(Cc2nc(-c3ccc(Cl)cc3)oc2C)C1. The predicted molar refractivity (Wildman–Crippen MR) is 112 cm³/mol. The second-order valence-corrected chi connectivity index (χ2v) is 7.86. The van der Waals surface area contributed by atoms with Crippen LogP contribution in [0.3, 0.4) is 0 Å². The predicted octanol–water partition coefficient (Wildman–Crippen LogP) is 3.29. The molecule has 3 rings (SSSR count). The quantitative estimate of drug-likeness (QED) is 0.672. The van der Waals surface area contributed by atoms with Crippen LogP contribution >= 0.6 is 11.6 Å². The van der Waals surface area contributed by atoms with Gasteiger partial charge in [-0.05, 0) is 44.3 Å². The van der Waals surface area contributed by atoms with Gasteiger partial charge in [0.15, 0.2) is 0 Å². The van der Waals surface area contributed by atoms with Crippen molar-refractivity contribution in [1.82, 2.24) is 20.1 Å². The summed E-state index contributed by atoms with van der Waals surface area (Å²) in [6.45, 7) is 9.55. The fraction of sp³-hybridized carbons (Fsp3) is 0.524. The van der Waals surface area contributed by atoms with Crippen molar-refractivity contribution in [3.63, 3.8) is 0 Å². The van der Waals surface area contributed by atoms with E-state index in [0.29, 0.717) is 29.8 Å². The average Bonchev–Trinajstić information content (AvgIpc) is 3.04. The molecule has 1 aromatic heterocycles. The van der Waals surface area contributed by atoms with Crippen LogP contribution in [0.15, 0.2) is 28.7 Å². The molecule has 2 heterocycles. The molecule has 1 fully saturated rings. The summed E-state index contributed by atoms with van der Waals surface area (Å²) in [6.07, 6.45) is 0. The molecule has 6 nitrogen and oxygen atoms in total. The molecule has 1 amide bonds. The number of alkyl halides is 1. The lowest BCUT2D eigenvalue weighted by molar-refractivity contribution is -0.145. The van der Waals surface area contributed by atoms with E-state index >= 15 is 0 Å². The zero-order valence-corrected chi connectivity index (χ0v) is 17.9. The third-order valence-electron chi connectivity index (χ3n) is 5.32. The van der Waals surface area contributed by atoms with Crippen LogP contribution < -0.4 is 5.32 Å². The number of benzene rings is 1. The van der Waals surface area contributed by atoms with Gasteiger partial charge in [-0.25, -0.2) is 9.37 Å². The molecule has 1 aliphatic heterocycles. The summed E-state index contributed by atoms with van der Waals surface area (Å²) in [7, 11) is 0. The standard InChI is InChI=1S/C21H28ClFN4O2/c1-4-26(5-2)11-10-24-20(28)21(23)13-27(14-21)12-18-15(3)29-19(25-18)16-6-8-17(22)9-7-16/h6-9H,4-5,10-14H2,1-3H3,(H,24,28). The number of likely N-dealkylation sites (tertiary alicyclic amines) is 1. The third kappa shape index (κ3) is 5.15. The highest BCUT2D eigenvalue weighted by Crippen LogP contribution is 2.29. The first kappa shape index (κ1) is 21.7. The van der Waals surface area contributed by atoms with Crippen LogP contribution in [0.2, 0.25) is 5.02 Å². The molecular formula is C21H28ClFN4O2. The molecule has 0 atom stereocenters. The van der Waals surface area contributed by atoms with Gasteiger partial charge in [-0.3, -0.25) is 9.69 Å². The molecule has 1 N–H and O–H groups in total. The first-order valence-corrected chi connectivity index (χ1v) is 10.4. The van der Waals surface area contributed by atoms with Crippen molar-refractivity contribution in [3.05, 3.63) is 40.7 Å². The van der Waals surface area contributed by atoms with Gasteiger partial charge in [-0.1, -0.05) is 25.4 Å². The average molecular weight is 423 g/mol. The van der Waals surface area contributed by atoms with Crippen LogP contribution in [0, 0.1) is 6.92 Å². The summed E-state index contributed by atoms with van der Waals surface area (Å²) < 4.78 is 20.6. The first-order valence-electron chi connectivity index (χ1n) is 9.98. The van der Waals surface area contributed by atoms with Crippen molar-refractivity contribution >= 4 is 17.5 Å². The van der Waals surface area contributed by atoms with E-state index in [1.165, 1.54) is 0 Å². The van der Waals surface area contributed by atoms with Crippen molar-refractivity contribution < 1.29 is 13.6 Å². The van der Waals surface area contributed by atoms with E-state index in [2.05, 4.69) is 29.0 Å². The van der Waals surface area contributed by atoms with Gasteiger partial charge in [0, 0.05) is 43.3 Å². The fourth-order valence-electron chi connectivity index (χ4n) is 3.45. The van der Waals surface area contributed by atoms with Crippen LogP contribution in [0.25, 0.3) is 11.5 Å². The number of nitrogens with zero attached hydrogens (tertiary/aromatic N) is 3. The molecule has 158 valence electrons. The molecule has 0 spiro atoms. The lowest BCUT2D eigenvalue weighted by atomic mass is 9.95. The van der Waals surface area contributed by atoms with Gasteiger partial charge >= 0.3 is 0 Å². The maximum absolute atomic E-state index is 14.8. The molecule has 0 aliphatic carbocycles. The Kier molecular flexibility index (Phi) is 6.93. The van der Waals surface area contributed by atoms with Crippen molar-refractivity contribution in [2.75, 3.05) is 39.3 Å². The monoisotopic (exact) mass is 422 g/mol. The second kappa shape index (κ2) is 9.24. The number of aromatic nitrogens is 1. The van der Waals surface area contributed by atoms with Crippen LogP contribution in [-0.4, -0.2) is 65.6 Å². The summed E-state index contributed by atoms with van der Waals surface area (Å²) in [6, 6.07) is 7.25. The topological polar surface area (TPSA) is 61.6 Å². The third-order valence-corrected chi connectivity index (χ3v) is 5.57. The molecule has 0 radical (unpaired) electrons. The summed E-state index contributed by atoms with van der Waals surface area (Å²) in [5, 5.41) is 3.37. The number of likely N-dealkylation sites (N-methyl/N-ethyl adjacent to an activating group) is 1. The van der Waals surface area contributed by atoms with E-state index in [4.69, 9.17) is 16.0 Å². The molecule has 0 unspecified atom stereocenters. The zero-order valence-electron chi connectivity index (χ0n) is 17.2. The van der Waals surface area contributed by atoms with E-state index in [0.717, 1.165) is 30.9 Å². The number of halogens is 2. The minimum atomic E-state index is -1.83. The summed E-state index contributed by atoms with van der Waals surface area (Å²) >= 11 is 5.92. The Morgan fingerprint density at radius 2 is 1.97 bits per heavy atom. The number of hydrogen-bond donors (Lipinski definition) is 1. The Morgan fingerprint density at radius 1 is 1.31 bits per heavy atom. The molecule has 29 heavy (non-hydrogen) atoms. The van der Waals surface area contributed by atoms with E-state index in [9.17, 15) is 9.18 Å². The van der Waals surface area contributed by atoms with Crippen LogP contribution in [0.4, 0.5) is 4.39 Å². The number of aryl methyl sites for hydroxylation is 1. The fourth-order valence-corrected chi connectivity index (χ4v) is 3.57. The van der Waals surface area contributed by atoms with Gasteiger partial charge in [-0.15, -0.1) is 0 Å². The summed E-state index contributed by atoms with van der Waals surface area (Å²) in [5.41, 5.74) is -0.251. The van der Waals surface area contributed by atoms with E-state index in [1.807, 2.05) is 24.0 Å². The minimum absolute atomic E-state index is 0.0622. The number of carbonyl (C=O) groups excluding carboxylic acids is 1. The number of hydrogen-bond acceptors (Lipinski definition) is 5. The van der Waals surface area contributed by atoms with Gasteiger partial charge in [-0.2, -0.15) is 0 Å². The largest absolute Gasteiger partial charge is 0.441 e. The number of carbonyl (C=O) groups is 1. The maximum Gasteiger partial charge on any atom is 0.260 e. The van der Waals surface area contributed by atoms with E-state index < -0.39 is 11.6 Å².